The molecule has 0 saturated heterocycles. The summed E-state index contributed by atoms with van der Waals surface area (Å²) in [5.41, 5.74) is 0.658. The Morgan fingerprint density at radius 1 is 1.43 bits per heavy atom. The van der Waals surface area contributed by atoms with Crippen molar-refractivity contribution >= 4 is 11.6 Å². The molecule has 1 aromatic rings. The highest BCUT2D eigenvalue weighted by Gasteiger charge is 2.44. The van der Waals surface area contributed by atoms with Crippen molar-refractivity contribution < 1.29 is 4.39 Å². The molecule has 3 atom stereocenters. The molecule has 0 aromatic heterocycles. The number of likely N-dealkylation sites (N-methyl/N-ethyl adjacent to an activating group) is 2. The van der Waals surface area contributed by atoms with Crippen LogP contribution in [0.2, 0.25) is 5.02 Å². The molecule has 0 aliphatic heterocycles. The summed E-state index contributed by atoms with van der Waals surface area (Å²) >= 11 is 5.90. The van der Waals surface area contributed by atoms with E-state index in [2.05, 4.69) is 31.2 Å². The first-order chi connectivity index (χ1) is 9.90. The summed E-state index contributed by atoms with van der Waals surface area (Å²) in [6.45, 7) is 2.29. The monoisotopic (exact) mass is 312 g/mol. The van der Waals surface area contributed by atoms with Crippen LogP contribution in [0.3, 0.4) is 0 Å². The first-order valence-electron chi connectivity index (χ1n) is 7.70. The second-order valence-corrected chi connectivity index (χ2v) is 7.02. The fraction of sp³-hybridized carbons (Fsp3) is 0.647. The Morgan fingerprint density at radius 2 is 2.14 bits per heavy atom. The molecule has 4 heteroatoms. The topological polar surface area (TPSA) is 15.3 Å². The minimum atomic E-state index is -0.221. The number of nitrogens with zero attached hydrogens (tertiary/aromatic N) is 1. The normalized spacial score (nSPS) is 27.9. The smallest absolute Gasteiger partial charge is 0.129 e. The number of rotatable bonds is 4. The van der Waals surface area contributed by atoms with Crippen LogP contribution in [0.4, 0.5) is 4.39 Å². The third-order valence-electron chi connectivity index (χ3n) is 5.00. The molecule has 1 aliphatic rings. The van der Waals surface area contributed by atoms with Crippen LogP contribution in [0, 0.1) is 11.7 Å². The van der Waals surface area contributed by atoms with Crippen molar-refractivity contribution in [2.45, 2.75) is 44.2 Å². The van der Waals surface area contributed by atoms with E-state index in [-0.39, 0.29) is 17.4 Å². The molecule has 1 fully saturated rings. The van der Waals surface area contributed by atoms with Gasteiger partial charge in [0.25, 0.3) is 0 Å². The average Bonchev–Trinajstić information content (AvgIpc) is 2.41. The Balaban J connectivity index is 2.45. The zero-order chi connectivity index (χ0) is 15.6. The molecule has 0 bridgehead atoms. The van der Waals surface area contributed by atoms with Crippen LogP contribution in [0.5, 0.6) is 0 Å². The molecule has 0 spiro atoms. The largest absolute Gasteiger partial charge is 0.311 e. The summed E-state index contributed by atoms with van der Waals surface area (Å²) in [4.78, 5) is 2.28. The van der Waals surface area contributed by atoms with Gasteiger partial charge in [-0.15, -0.1) is 0 Å². The third-order valence-corrected chi connectivity index (χ3v) is 5.23. The number of benzene rings is 1. The molecular weight excluding hydrogens is 287 g/mol. The van der Waals surface area contributed by atoms with Crippen LogP contribution in [0.15, 0.2) is 18.2 Å². The van der Waals surface area contributed by atoms with Gasteiger partial charge in [-0.25, -0.2) is 4.39 Å². The van der Waals surface area contributed by atoms with E-state index in [9.17, 15) is 4.39 Å². The quantitative estimate of drug-likeness (QED) is 0.894. The van der Waals surface area contributed by atoms with Gasteiger partial charge in [-0.1, -0.05) is 37.4 Å². The van der Waals surface area contributed by atoms with Crippen LogP contribution in [0.25, 0.3) is 0 Å². The van der Waals surface area contributed by atoms with Crippen molar-refractivity contribution in [2.75, 3.05) is 21.1 Å². The van der Waals surface area contributed by atoms with E-state index in [4.69, 9.17) is 11.6 Å². The van der Waals surface area contributed by atoms with Crippen LogP contribution in [-0.4, -0.2) is 31.6 Å². The average molecular weight is 313 g/mol. The maximum absolute atomic E-state index is 14.4. The molecule has 0 radical (unpaired) electrons. The highest BCUT2D eigenvalue weighted by Crippen LogP contribution is 2.44. The van der Waals surface area contributed by atoms with E-state index >= 15 is 0 Å². The van der Waals surface area contributed by atoms with Crippen molar-refractivity contribution in [3.8, 4) is 0 Å². The molecular formula is C17H26ClFN2. The van der Waals surface area contributed by atoms with Crippen LogP contribution in [-0.2, 0) is 0 Å². The lowest BCUT2D eigenvalue weighted by molar-refractivity contribution is 0.0381. The number of hydrogen-bond acceptors (Lipinski definition) is 2. The van der Waals surface area contributed by atoms with Gasteiger partial charge in [0.2, 0.25) is 0 Å². The lowest BCUT2D eigenvalue weighted by Crippen LogP contribution is -2.55. The zero-order valence-corrected chi connectivity index (χ0v) is 14.2. The highest BCUT2D eigenvalue weighted by molar-refractivity contribution is 6.30. The molecule has 1 aromatic carbocycles. The van der Waals surface area contributed by atoms with Gasteiger partial charge < -0.3 is 10.2 Å². The minimum absolute atomic E-state index is 0.0347. The standard InChI is InChI=1S/C17H26ClFN2/c1-12-6-5-9-17(11-12,21(3)4)16(20-2)14-8-7-13(18)10-15(14)19/h7-8,10,12,16,20H,5-6,9,11H2,1-4H3. The number of hydrogen-bond donors (Lipinski definition) is 1. The van der Waals surface area contributed by atoms with Crippen LogP contribution >= 0.6 is 11.6 Å². The van der Waals surface area contributed by atoms with E-state index in [1.54, 1.807) is 6.07 Å². The molecule has 2 nitrogen and oxygen atoms in total. The van der Waals surface area contributed by atoms with Gasteiger partial charge in [-0.2, -0.15) is 0 Å². The molecule has 3 unspecified atom stereocenters. The van der Waals surface area contributed by atoms with Crippen LogP contribution in [0.1, 0.15) is 44.2 Å². The minimum Gasteiger partial charge on any atom is -0.311 e. The lowest BCUT2D eigenvalue weighted by Gasteiger charge is -2.50. The van der Waals surface area contributed by atoms with Crippen molar-refractivity contribution in [3.05, 3.63) is 34.6 Å². The van der Waals surface area contributed by atoms with Crippen molar-refractivity contribution in [2.24, 2.45) is 5.92 Å². The first kappa shape index (κ1) is 16.7. The van der Waals surface area contributed by atoms with E-state index in [0.29, 0.717) is 16.5 Å². The van der Waals surface area contributed by atoms with E-state index < -0.39 is 0 Å². The van der Waals surface area contributed by atoms with Crippen molar-refractivity contribution in [1.29, 1.82) is 0 Å². The Labute approximate surface area is 132 Å². The molecule has 0 heterocycles. The van der Waals surface area contributed by atoms with Crippen molar-refractivity contribution in [1.82, 2.24) is 10.2 Å². The number of halogens is 2. The van der Waals surface area contributed by atoms with Gasteiger partial charge in [0.15, 0.2) is 0 Å². The Hall–Kier alpha value is -0.640. The predicted octanol–water partition coefficient (Wildman–Crippen LogP) is 4.25. The summed E-state index contributed by atoms with van der Waals surface area (Å²) in [6, 6.07) is 4.98. The molecule has 1 aliphatic carbocycles. The van der Waals surface area contributed by atoms with E-state index in [1.807, 2.05) is 13.1 Å². The molecule has 1 saturated carbocycles. The second-order valence-electron chi connectivity index (χ2n) is 6.59. The van der Waals surface area contributed by atoms with E-state index in [1.165, 1.54) is 18.9 Å². The van der Waals surface area contributed by atoms with Gasteiger partial charge in [-0.3, -0.25) is 0 Å². The van der Waals surface area contributed by atoms with Gasteiger partial charge in [-0.05, 0) is 52.0 Å². The van der Waals surface area contributed by atoms with Gasteiger partial charge in [0.1, 0.15) is 5.82 Å². The third kappa shape index (κ3) is 3.25. The van der Waals surface area contributed by atoms with Crippen molar-refractivity contribution in [3.63, 3.8) is 0 Å². The molecule has 1 N–H and O–H groups in total. The SMILES string of the molecule is CNC(c1ccc(Cl)cc1F)C1(N(C)C)CCCC(C)C1. The summed E-state index contributed by atoms with van der Waals surface area (Å²) in [7, 11) is 6.13. The maximum Gasteiger partial charge on any atom is 0.129 e. The summed E-state index contributed by atoms with van der Waals surface area (Å²) < 4.78 is 14.4. The molecule has 21 heavy (non-hydrogen) atoms. The zero-order valence-electron chi connectivity index (χ0n) is 13.4. The van der Waals surface area contributed by atoms with Crippen LogP contribution < -0.4 is 5.32 Å². The summed E-state index contributed by atoms with van der Waals surface area (Å²) in [5, 5.41) is 3.81. The molecule has 0 amide bonds. The second kappa shape index (κ2) is 6.64. The van der Waals surface area contributed by atoms with E-state index in [0.717, 1.165) is 12.8 Å². The molecule has 118 valence electrons. The lowest BCUT2D eigenvalue weighted by atomic mass is 9.69. The molecule has 2 rings (SSSR count). The fourth-order valence-corrected chi connectivity index (χ4v) is 4.10. The van der Waals surface area contributed by atoms with Gasteiger partial charge in [0.05, 0.1) is 6.04 Å². The predicted molar refractivity (Wildman–Crippen MR) is 87.3 cm³/mol. The van der Waals surface area contributed by atoms with Gasteiger partial charge in [0, 0.05) is 16.1 Å². The fourth-order valence-electron chi connectivity index (χ4n) is 3.94. The first-order valence-corrected chi connectivity index (χ1v) is 8.08. The summed E-state index contributed by atoms with van der Waals surface area (Å²) in [5.74, 6) is 0.439. The highest BCUT2D eigenvalue weighted by atomic mass is 35.5. The number of nitrogens with one attached hydrogen (secondary N) is 1. The maximum atomic E-state index is 14.4. The Kier molecular flexibility index (Phi) is 5.29. The Bertz CT molecular complexity index is 492. The van der Waals surface area contributed by atoms with Gasteiger partial charge >= 0.3 is 0 Å². The summed E-state index contributed by atoms with van der Waals surface area (Å²) in [6.07, 6.45) is 4.60. The Morgan fingerprint density at radius 3 is 2.67 bits per heavy atom.